The molecule has 9 heteroatoms. The molecule has 0 aromatic rings. The number of hydrogen-bond acceptors (Lipinski definition) is 8. The van der Waals surface area contributed by atoms with Crippen molar-refractivity contribution in [1.29, 1.82) is 0 Å². The Bertz CT molecular complexity index is 325. The zero-order chi connectivity index (χ0) is 12.5. The zero-order valence-corrected chi connectivity index (χ0v) is 11.4. The van der Waals surface area contributed by atoms with E-state index in [1.807, 2.05) is 0 Å². The van der Waals surface area contributed by atoms with E-state index in [9.17, 15) is 19.2 Å². The van der Waals surface area contributed by atoms with Gasteiger partial charge in [-0.1, -0.05) is 0 Å². The predicted octanol–water partition coefficient (Wildman–Crippen LogP) is -0.818. The first-order valence-electron chi connectivity index (χ1n) is 4.86. The van der Waals surface area contributed by atoms with Gasteiger partial charge in [0.15, 0.2) is 0 Å². The molecule has 8 nitrogen and oxygen atoms in total. The van der Waals surface area contributed by atoms with Crippen molar-refractivity contribution in [3.63, 3.8) is 0 Å². The quantitative estimate of drug-likeness (QED) is 0.522. The molecule has 0 bridgehead atoms. The van der Waals surface area contributed by atoms with E-state index >= 15 is 0 Å². The number of carbonyl (C=O) groups excluding carboxylic acids is 4. The topological polar surface area (TPSA) is 105 Å². The Balaban J connectivity index is 2.28. The molecule has 2 fully saturated rings. The summed E-state index contributed by atoms with van der Waals surface area (Å²) in [4.78, 5) is 45.0. The molecule has 2 aliphatic rings. The van der Waals surface area contributed by atoms with E-state index in [0.29, 0.717) is 0 Å². The standard InChI is InChI=1S/2C4H6O4.Sn/c2*5-3(6)1-2-4(7)8;/h2*1-2H2,(H,5,6)(H,7,8);/q;;+4/p-4. The van der Waals surface area contributed by atoms with Gasteiger partial charge in [0, 0.05) is 0 Å². The van der Waals surface area contributed by atoms with E-state index in [2.05, 4.69) is 0 Å². The van der Waals surface area contributed by atoms with Gasteiger partial charge < -0.3 is 0 Å². The summed E-state index contributed by atoms with van der Waals surface area (Å²) in [5.74, 6) is -3.08. The number of rotatable bonds is 0. The Labute approximate surface area is 101 Å². The molecular weight excluding hydrogens is 343 g/mol. The van der Waals surface area contributed by atoms with Gasteiger partial charge in [-0.2, -0.15) is 0 Å². The van der Waals surface area contributed by atoms with Crippen LogP contribution in [0.3, 0.4) is 0 Å². The molecule has 2 rings (SSSR count). The molecule has 2 aliphatic heterocycles. The van der Waals surface area contributed by atoms with Crippen LogP contribution in [0.1, 0.15) is 25.7 Å². The third-order valence-electron chi connectivity index (χ3n) is 2.02. The molecule has 0 amide bonds. The molecule has 2 saturated heterocycles. The van der Waals surface area contributed by atoms with Crippen molar-refractivity contribution in [2.24, 2.45) is 0 Å². The van der Waals surface area contributed by atoms with Crippen LogP contribution in [-0.4, -0.2) is 43.9 Å². The van der Waals surface area contributed by atoms with Crippen LogP contribution in [0.5, 0.6) is 0 Å². The van der Waals surface area contributed by atoms with E-state index < -0.39 is 43.9 Å². The van der Waals surface area contributed by atoms with Gasteiger partial charge in [0.1, 0.15) is 0 Å². The van der Waals surface area contributed by atoms with Gasteiger partial charge in [-0.25, -0.2) is 0 Å². The molecule has 0 aliphatic carbocycles. The number of hydrogen-bond donors (Lipinski definition) is 0. The summed E-state index contributed by atoms with van der Waals surface area (Å²) in [5.41, 5.74) is 0. The van der Waals surface area contributed by atoms with E-state index in [1.165, 1.54) is 0 Å². The minimum absolute atomic E-state index is 0.188. The second-order valence-electron chi connectivity index (χ2n) is 3.40. The summed E-state index contributed by atoms with van der Waals surface area (Å²) in [6.45, 7) is 0. The Morgan fingerprint density at radius 1 is 0.588 bits per heavy atom. The van der Waals surface area contributed by atoms with Gasteiger partial charge in [0.05, 0.1) is 0 Å². The summed E-state index contributed by atoms with van der Waals surface area (Å²) >= 11 is -5.16. The van der Waals surface area contributed by atoms with Crippen LogP contribution in [0.2, 0.25) is 0 Å². The molecule has 0 aromatic heterocycles. The summed E-state index contributed by atoms with van der Waals surface area (Å²) in [6, 6.07) is 0. The maximum absolute atomic E-state index is 11.2. The van der Waals surface area contributed by atoms with Gasteiger partial charge >= 0.3 is 101 Å². The van der Waals surface area contributed by atoms with Gasteiger partial charge in [0.2, 0.25) is 0 Å². The van der Waals surface area contributed by atoms with Crippen molar-refractivity contribution in [3.05, 3.63) is 0 Å². The second-order valence-corrected chi connectivity index (χ2v) is 8.58. The zero-order valence-electron chi connectivity index (χ0n) is 8.59. The van der Waals surface area contributed by atoms with Gasteiger partial charge in [-0.05, 0) is 0 Å². The molecule has 0 saturated carbocycles. The summed E-state index contributed by atoms with van der Waals surface area (Å²) in [7, 11) is 0. The molecule has 17 heavy (non-hydrogen) atoms. The summed E-state index contributed by atoms with van der Waals surface area (Å²) < 4.78 is 19.1. The Hall–Kier alpha value is -1.32. The normalized spacial score (nSPS) is 24.0. The first-order valence-corrected chi connectivity index (χ1v) is 9.52. The van der Waals surface area contributed by atoms with Crippen molar-refractivity contribution in [1.82, 2.24) is 0 Å². The predicted molar refractivity (Wildman–Crippen MR) is 48.6 cm³/mol. The molecule has 1 spiro atoms. The van der Waals surface area contributed by atoms with Crippen molar-refractivity contribution < 1.29 is 31.5 Å². The SMILES string of the molecule is O=C1CCC(=O)[O][Sn]2([O]1)[O]C(=O)CCC(=O)[O]2. The van der Waals surface area contributed by atoms with E-state index in [1.54, 1.807) is 0 Å². The van der Waals surface area contributed by atoms with Crippen LogP contribution in [0.4, 0.5) is 0 Å². The van der Waals surface area contributed by atoms with E-state index in [-0.39, 0.29) is 25.7 Å². The van der Waals surface area contributed by atoms with Crippen LogP contribution in [0.15, 0.2) is 0 Å². The van der Waals surface area contributed by atoms with Crippen molar-refractivity contribution in [3.8, 4) is 0 Å². The minimum atomic E-state index is -5.16. The first-order chi connectivity index (χ1) is 7.99. The molecule has 0 atom stereocenters. The van der Waals surface area contributed by atoms with Crippen LogP contribution in [0.25, 0.3) is 0 Å². The summed E-state index contributed by atoms with van der Waals surface area (Å²) in [5, 5.41) is 0. The average Bonchev–Trinajstić information content (AvgIpc) is 2.43. The summed E-state index contributed by atoms with van der Waals surface area (Å²) in [6.07, 6.45) is -0.752. The van der Waals surface area contributed by atoms with Crippen LogP contribution < -0.4 is 0 Å². The molecule has 0 N–H and O–H groups in total. The average molecular weight is 351 g/mol. The van der Waals surface area contributed by atoms with Crippen LogP contribution in [-0.2, 0) is 31.5 Å². The fourth-order valence-corrected chi connectivity index (χ4v) is 6.36. The molecular formula is C8H8O8Sn. The molecule has 0 radical (unpaired) electrons. The number of carbonyl (C=O) groups is 4. The van der Waals surface area contributed by atoms with E-state index in [0.717, 1.165) is 0 Å². The van der Waals surface area contributed by atoms with Crippen LogP contribution in [0, 0.1) is 0 Å². The fourth-order valence-electron chi connectivity index (χ4n) is 1.30. The molecule has 2 heterocycles. The Morgan fingerprint density at radius 3 is 1.06 bits per heavy atom. The molecule has 0 aromatic carbocycles. The first kappa shape index (κ1) is 12.1. The Morgan fingerprint density at radius 2 is 0.824 bits per heavy atom. The van der Waals surface area contributed by atoms with Gasteiger partial charge in [0.25, 0.3) is 0 Å². The maximum atomic E-state index is 11.2. The van der Waals surface area contributed by atoms with Crippen molar-refractivity contribution >= 4 is 43.9 Å². The van der Waals surface area contributed by atoms with Gasteiger partial charge in [-0.3, -0.25) is 0 Å². The van der Waals surface area contributed by atoms with Crippen molar-refractivity contribution in [2.75, 3.05) is 0 Å². The molecule has 92 valence electrons. The van der Waals surface area contributed by atoms with E-state index in [4.69, 9.17) is 12.3 Å². The fraction of sp³-hybridized carbons (Fsp3) is 0.500. The Kier molecular flexibility index (Phi) is 3.22. The van der Waals surface area contributed by atoms with Crippen molar-refractivity contribution in [2.45, 2.75) is 25.7 Å². The third kappa shape index (κ3) is 2.87. The molecule has 0 unspecified atom stereocenters. The van der Waals surface area contributed by atoms with Gasteiger partial charge in [-0.15, -0.1) is 0 Å². The second kappa shape index (κ2) is 4.51. The monoisotopic (exact) mass is 352 g/mol. The van der Waals surface area contributed by atoms with Crippen LogP contribution >= 0.6 is 0 Å². The third-order valence-corrected chi connectivity index (χ3v) is 7.48.